The molecule has 1 heterocycles. The van der Waals surface area contributed by atoms with E-state index in [1.807, 2.05) is 0 Å². The highest BCUT2D eigenvalue weighted by molar-refractivity contribution is 7.13. The number of carbonyl (C=O) groups is 2. The summed E-state index contributed by atoms with van der Waals surface area (Å²) in [6, 6.07) is 3.36. The van der Waals surface area contributed by atoms with Gasteiger partial charge in [-0.2, -0.15) is 0 Å². The molecule has 20 heavy (non-hydrogen) atoms. The Morgan fingerprint density at radius 3 is 2.40 bits per heavy atom. The van der Waals surface area contributed by atoms with Crippen molar-refractivity contribution < 1.29 is 14.7 Å². The molecule has 1 fully saturated rings. The Labute approximate surface area is 123 Å². The van der Waals surface area contributed by atoms with Crippen LogP contribution < -0.4 is 5.32 Å². The number of aromatic carboxylic acids is 1. The predicted octanol–water partition coefficient (Wildman–Crippen LogP) is 3.42. The average Bonchev–Trinajstić information content (AvgIpc) is 2.84. The van der Waals surface area contributed by atoms with Crippen molar-refractivity contribution in [2.24, 2.45) is 5.92 Å². The van der Waals surface area contributed by atoms with Gasteiger partial charge in [-0.05, 0) is 25.0 Å². The van der Waals surface area contributed by atoms with Crippen LogP contribution in [0.1, 0.15) is 59.5 Å². The quantitative estimate of drug-likeness (QED) is 0.894. The summed E-state index contributed by atoms with van der Waals surface area (Å²) in [5.41, 5.74) is 0. The first kappa shape index (κ1) is 15.0. The number of amides is 1. The van der Waals surface area contributed by atoms with Gasteiger partial charge in [0.1, 0.15) is 4.88 Å². The number of thiophene rings is 1. The van der Waals surface area contributed by atoms with E-state index in [-0.39, 0.29) is 11.8 Å². The SMILES string of the molecule is O=C(O)c1ccc(CNC(=O)C2CCCCCCC2)s1. The normalized spacial score (nSPS) is 17.2. The molecule has 1 saturated carbocycles. The van der Waals surface area contributed by atoms with Crippen molar-refractivity contribution in [1.29, 1.82) is 0 Å². The minimum atomic E-state index is -0.910. The molecule has 1 aliphatic rings. The first-order valence-electron chi connectivity index (χ1n) is 7.26. The number of hydrogen-bond acceptors (Lipinski definition) is 3. The fourth-order valence-electron chi connectivity index (χ4n) is 2.62. The first-order valence-corrected chi connectivity index (χ1v) is 8.08. The maximum absolute atomic E-state index is 12.2. The molecule has 5 heteroatoms. The molecule has 2 N–H and O–H groups in total. The fourth-order valence-corrected chi connectivity index (χ4v) is 3.41. The molecule has 1 aliphatic carbocycles. The number of rotatable bonds is 4. The van der Waals surface area contributed by atoms with Crippen LogP contribution in [0.5, 0.6) is 0 Å². The molecular weight excluding hydrogens is 274 g/mol. The van der Waals surface area contributed by atoms with E-state index in [4.69, 9.17) is 5.11 Å². The number of nitrogens with one attached hydrogen (secondary N) is 1. The van der Waals surface area contributed by atoms with Crippen LogP contribution in [0.25, 0.3) is 0 Å². The lowest BCUT2D eigenvalue weighted by molar-refractivity contribution is -0.125. The monoisotopic (exact) mass is 295 g/mol. The summed E-state index contributed by atoms with van der Waals surface area (Å²) in [6.45, 7) is 0.438. The van der Waals surface area contributed by atoms with E-state index in [1.54, 1.807) is 12.1 Å². The minimum absolute atomic E-state index is 0.122. The van der Waals surface area contributed by atoms with E-state index in [9.17, 15) is 9.59 Å². The summed E-state index contributed by atoms with van der Waals surface area (Å²) in [6.07, 6.45) is 8.00. The van der Waals surface area contributed by atoms with Gasteiger partial charge in [-0.3, -0.25) is 4.79 Å². The maximum Gasteiger partial charge on any atom is 0.345 e. The Hall–Kier alpha value is -1.36. The summed E-state index contributed by atoms with van der Waals surface area (Å²) in [5, 5.41) is 11.8. The third kappa shape index (κ3) is 4.34. The largest absolute Gasteiger partial charge is 0.477 e. The molecule has 0 radical (unpaired) electrons. The fraction of sp³-hybridized carbons (Fsp3) is 0.600. The smallest absolute Gasteiger partial charge is 0.345 e. The highest BCUT2D eigenvalue weighted by Gasteiger charge is 2.19. The molecule has 4 nitrogen and oxygen atoms in total. The van der Waals surface area contributed by atoms with E-state index >= 15 is 0 Å². The summed E-state index contributed by atoms with van der Waals surface area (Å²) in [7, 11) is 0. The molecular formula is C15H21NO3S. The Morgan fingerprint density at radius 1 is 1.15 bits per heavy atom. The van der Waals surface area contributed by atoms with Crippen LogP contribution >= 0.6 is 11.3 Å². The Balaban J connectivity index is 1.82. The van der Waals surface area contributed by atoms with Crippen LogP contribution in [0.4, 0.5) is 0 Å². The van der Waals surface area contributed by atoms with Crippen LogP contribution in [-0.4, -0.2) is 17.0 Å². The van der Waals surface area contributed by atoms with Crippen molar-refractivity contribution in [2.45, 2.75) is 51.5 Å². The Morgan fingerprint density at radius 2 is 1.80 bits per heavy atom. The predicted molar refractivity (Wildman–Crippen MR) is 78.9 cm³/mol. The third-order valence-corrected chi connectivity index (χ3v) is 4.86. The van der Waals surface area contributed by atoms with Gasteiger partial charge in [0.15, 0.2) is 0 Å². The van der Waals surface area contributed by atoms with Crippen LogP contribution in [0.15, 0.2) is 12.1 Å². The molecule has 110 valence electrons. The zero-order valence-electron chi connectivity index (χ0n) is 11.6. The number of carboxylic acids is 1. The molecule has 0 aliphatic heterocycles. The number of carboxylic acid groups (broad SMARTS) is 1. The molecule has 0 spiro atoms. The molecule has 0 atom stereocenters. The van der Waals surface area contributed by atoms with E-state index in [2.05, 4.69) is 5.32 Å². The zero-order chi connectivity index (χ0) is 14.4. The molecule has 1 aromatic rings. The van der Waals surface area contributed by atoms with Crippen molar-refractivity contribution in [1.82, 2.24) is 5.32 Å². The first-order chi connectivity index (χ1) is 9.66. The molecule has 1 amide bonds. The second-order valence-corrected chi connectivity index (χ2v) is 6.50. The summed E-state index contributed by atoms with van der Waals surface area (Å²) in [5.74, 6) is -0.654. The lowest BCUT2D eigenvalue weighted by Gasteiger charge is -2.18. The Bertz CT molecular complexity index is 461. The van der Waals surface area contributed by atoms with Crippen LogP contribution in [0.2, 0.25) is 0 Å². The average molecular weight is 295 g/mol. The lowest BCUT2D eigenvalue weighted by atomic mass is 9.90. The van der Waals surface area contributed by atoms with Crippen molar-refractivity contribution in [2.75, 3.05) is 0 Å². The van der Waals surface area contributed by atoms with Crippen molar-refractivity contribution in [3.63, 3.8) is 0 Å². The van der Waals surface area contributed by atoms with Gasteiger partial charge < -0.3 is 10.4 Å². The van der Waals surface area contributed by atoms with E-state index in [0.717, 1.165) is 30.6 Å². The molecule has 0 unspecified atom stereocenters. The standard InChI is InChI=1S/C15H21NO3S/c17-14(11-6-4-2-1-3-5-7-11)16-10-12-8-9-13(20-12)15(18)19/h8-9,11H,1-7,10H2,(H,16,17)(H,18,19). The van der Waals surface area contributed by atoms with Gasteiger partial charge in [-0.15, -0.1) is 11.3 Å². The van der Waals surface area contributed by atoms with Crippen LogP contribution in [0, 0.1) is 5.92 Å². The minimum Gasteiger partial charge on any atom is -0.477 e. The van der Waals surface area contributed by atoms with Gasteiger partial charge in [-0.25, -0.2) is 4.79 Å². The van der Waals surface area contributed by atoms with Gasteiger partial charge in [0, 0.05) is 10.8 Å². The highest BCUT2D eigenvalue weighted by Crippen LogP contribution is 2.23. The van der Waals surface area contributed by atoms with Gasteiger partial charge in [0.25, 0.3) is 0 Å². The summed E-state index contributed by atoms with van der Waals surface area (Å²) < 4.78 is 0. The molecule has 1 aromatic heterocycles. The van der Waals surface area contributed by atoms with E-state index in [1.165, 1.54) is 30.6 Å². The third-order valence-electron chi connectivity index (χ3n) is 3.79. The topological polar surface area (TPSA) is 66.4 Å². The zero-order valence-corrected chi connectivity index (χ0v) is 12.4. The van der Waals surface area contributed by atoms with Crippen molar-refractivity contribution in [3.05, 3.63) is 21.9 Å². The molecule has 0 aromatic carbocycles. The van der Waals surface area contributed by atoms with Gasteiger partial charge in [0.05, 0.1) is 6.54 Å². The Kier molecular flexibility index (Phi) is 5.59. The maximum atomic E-state index is 12.2. The second-order valence-electron chi connectivity index (χ2n) is 5.33. The molecule has 0 saturated heterocycles. The van der Waals surface area contributed by atoms with E-state index in [0.29, 0.717) is 11.4 Å². The van der Waals surface area contributed by atoms with Crippen molar-refractivity contribution in [3.8, 4) is 0 Å². The summed E-state index contributed by atoms with van der Waals surface area (Å²) >= 11 is 1.22. The van der Waals surface area contributed by atoms with Crippen LogP contribution in [0.3, 0.4) is 0 Å². The van der Waals surface area contributed by atoms with Gasteiger partial charge in [0.2, 0.25) is 5.91 Å². The number of hydrogen-bond donors (Lipinski definition) is 2. The summed E-state index contributed by atoms with van der Waals surface area (Å²) in [4.78, 5) is 24.2. The van der Waals surface area contributed by atoms with Gasteiger partial charge >= 0.3 is 5.97 Å². The van der Waals surface area contributed by atoms with Gasteiger partial charge in [-0.1, -0.05) is 32.1 Å². The highest BCUT2D eigenvalue weighted by atomic mass is 32.1. The molecule has 2 rings (SSSR count). The van der Waals surface area contributed by atoms with Crippen LogP contribution in [-0.2, 0) is 11.3 Å². The lowest BCUT2D eigenvalue weighted by Crippen LogP contribution is -2.30. The van der Waals surface area contributed by atoms with E-state index < -0.39 is 5.97 Å². The van der Waals surface area contributed by atoms with Crippen molar-refractivity contribution >= 4 is 23.2 Å². The number of carbonyl (C=O) groups excluding carboxylic acids is 1. The molecule has 0 bridgehead atoms. The second kappa shape index (κ2) is 7.43.